The molecule has 1 aliphatic rings. The molecule has 0 spiro atoms. The Labute approximate surface area is 198 Å². The lowest BCUT2D eigenvalue weighted by molar-refractivity contribution is -0.143. The zero-order valence-electron chi connectivity index (χ0n) is 19.3. The highest BCUT2D eigenvalue weighted by molar-refractivity contribution is 7.80. The molecule has 0 fully saturated rings. The number of thiocarbonyl (C=S) groups is 1. The second kappa shape index (κ2) is 10.4. The third-order valence-electron chi connectivity index (χ3n) is 5.15. The molecule has 0 saturated carbocycles. The van der Waals surface area contributed by atoms with Gasteiger partial charge in [0.1, 0.15) is 5.75 Å². The van der Waals surface area contributed by atoms with Crippen molar-refractivity contribution in [2.75, 3.05) is 24.8 Å². The van der Waals surface area contributed by atoms with E-state index in [0.717, 1.165) is 11.3 Å². The van der Waals surface area contributed by atoms with Gasteiger partial charge in [-0.1, -0.05) is 18.2 Å². The van der Waals surface area contributed by atoms with E-state index < -0.39 is 12.0 Å². The molecule has 2 aromatic carbocycles. The smallest absolute Gasteiger partial charge is 0.338 e. The molecule has 0 saturated heterocycles. The van der Waals surface area contributed by atoms with Gasteiger partial charge in [-0.3, -0.25) is 0 Å². The van der Waals surface area contributed by atoms with Crippen LogP contribution in [0.5, 0.6) is 5.75 Å². The average molecular weight is 469 g/mol. The number of carbonyl (C=O) groups is 2. The summed E-state index contributed by atoms with van der Waals surface area (Å²) in [7, 11) is 3.37. The molecule has 9 heteroatoms. The van der Waals surface area contributed by atoms with Crippen LogP contribution in [0.2, 0.25) is 0 Å². The summed E-state index contributed by atoms with van der Waals surface area (Å²) in [5, 5.41) is 9.28. The van der Waals surface area contributed by atoms with Crippen molar-refractivity contribution in [2.45, 2.75) is 32.9 Å². The molecule has 1 aliphatic heterocycles. The quantitative estimate of drug-likeness (QED) is 0.427. The molecule has 174 valence electrons. The Balaban J connectivity index is 1.76. The molecule has 0 aromatic heterocycles. The Morgan fingerprint density at radius 3 is 2.39 bits per heavy atom. The fourth-order valence-electron chi connectivity index (χ4n) is 3.38. The monoisotopic (exact) mass is 468 g/mol. The lowest BCUT2D eigenvalue weighted by Crippen LogP contribution is -2.46. The Morgan fingerprint density at radius 1 is 1.09 bits per heavy atom. The van der Waals surface area contributed by atoms with Gasteiger partial charge >= 0.3 is 12.0 Å². The number of allylic oxidation sites excluding steroid dienone is 1. The number of carbonyl (C=O) groups excluding carboxylic acids is 2. The van der Waals surface area contributed by atoms with Crippen LogP contribution in [0, 0.1) is 0 Å². The second-order valence-corrected chi connectivity index (χ2v) is 8.21. The number of hydrogen-bond donors (Lipinski definition) is 3. The van der Waals surface area contributed by atoms with E-state index >= 15 is 0 Å². The summed E-state index contributed by atoms with van der Waals surface area (Å²) < 4.78 is 10.6. The maximum Gasteiger partial charge on any atom is 0.338 e. The summed E-state index contributed by atoms with van der Waals surface area (Å²) in [5.74, 6) is 0.255. The largest absolute Gasteiger partial charge is 0.497 e. The summed E-state index contributed by atoms with van der Waals surface area (Å²) in [6.07, 6.45) is -0.243. The van der Waals surface area contributed by atoms with Gasteiger partial charge in [-0.05, 0) is 62.8 Å². The number of amides is 2. The SMILES string of the molecule is COc1cccc(NC(=O)Nc2ccc([C@@H]3NC(=S)N(C)C(C)=C3C(=O)OC(C)C)cc2)c1. The summed E-state index contributed by atoms with van der Waals surface area (Å²) in [6, 6.07) is 13.5. The van der Waals surface area contributed by atoms with Gasteiger partial charge in [-0.25, -0.2) is 9.59 Å². The summed E-state index contributed by atoms with van der Waals surface area (Å²) in [6.45, 7) is 5.46. The summed E-state index contributed by atoms with van der Waals surface area (Å²) in [4.78, 5) is 26.9. The first-order valence-corrected chi connectivity index (χ1v) is 10.9. The third kappa shape index (κ3) is 5.81. The van der Waals surface area contributed by atoms with Crippen LogP contribution in [0.25, 0.3) is 0 Å². The maximum atomic E-state index is 12.8. The first-order chi connectivity index (χ1) is 15.7. The molecule has 2 aromatic rings. The minimum Gasteiger partial charge on any atom is -0.497 e. The lowest BCUT2D eigenvalue weighted by atomic mass is 9.95. The molecule has 8 nitrogen and oxygen atoms in total. The van der Waals surface area contributed by atoms with Crippen molar-refractivity contribution >= 4 is 40.7 Å². The van der Waals surface area contributed by atoms with Gasteiger partial charge in [0.25, 0.3) is 0 Å². The number of anilines is 2. The minimum absolute atomic E-state index is 0.243. The van der Waals surface area contributed by atoms with Crippen molar-refractivity contribution in [2.24, 2.45) is 0 Å². The molecule has 2 amide bonds. The molecule has 0 aliphatic carbocycles. The fraction of sp³-hybridized carbons (Fsp3) is 0.292. The van der Waals surface area contributed by atoms with Crippen LogP contribution in [-0.2, 0) is 9.53 Å². The van der Waals surface area contributed by atoms with Crippen molar-refractivity contribution < 1.29 is 19.1 Å². The summed E-state index contributed by atoms with van der Waals surface area (Å²) in [5.41, 5.74) is 3.26. The Bertz CT molecular complexity index is 1080. The van der Waals surface area contributed by atoms with Gasteiger partial charge in [-0.2, -0.15) is 0 Å². The normalized spacial score (nSPS) is 15.8. The molecule has 3 rings (SSSR count). The highest BCUT2D eigenvalue weighted by Crippen LogP contribution is 2.31. The van der Waals surface area contributed by atoms with Gasteiger partial charge in [0.15, 0.2) is 5.11 Å². The molecule has 3 N–H and O–H groups in total. The van der Waals surface area contributed by atoms with Gasteiger partial charge in [0.2, 0.25) is 0 Å². The molecule has 33 heavy (non-hydrogen) atoms. The van der Waals surface area contributed by atoms with Gasteiger partial charge in [-0.15, -0.1) is 0 Å². The highest BCUT2D eigenvalue weighted by Gasteiger charge is 2.33. The number of esters is 1. The minimum atomic E-state index is -0.459. The number of urea groups is 1. The molecule has 0 unspecified atom stereocenters. The van der Waals surface area contributed by atoms with Crippen LogP contribution in [-0.4, -0.2) is 42.3 Å². The predicted octanol–water partition coefficient (Wildman–Crippen LogP) is 4.43. The first kappa shape index (κ1) is 24.1. The number of benzene rings is 2. The van der Waals surface area contributed by atoms with Crippen LogP contribution in [0.4, 0.5) is 16.2 Å². The van der Waals surface area contributed by atoms with Crippen molar-refractivity contribution in [3.8, 4) is 5.75 Å². The third-order valence-corrected chi connectivity index (χ3v) is 5.54. The van der Waals surface area contributed by atoms with Crippen molar-refractivity contribution in [1.29, 1.82) is 0 Å². The van der Waals surface area contributed by atoms with E-state index in [1.54, 1.807) is 55.5 Å². The molecular formula is C24H28N4O4S. The van der Waals surface area contributed by atoms with E-state index in [1.807, 2.05) is 32.9 Å². The van der Waals surface area contributed by atoms with Crippen LogP contribution in [0.1, 0.15) is 32.4 Å². The topological polar surface area (TPSA) is 91.9 Å². The zero-order valence-corrected chi connectivity index (χ0v) is 20.1. The van der Waals surface area contributed by atoms with E-state index in [0.29, 0.717) is 27.8 Å². The molecule has 1 heterocycles. The van der Waals surface area contributed by atoms with E-state index in [4.69, 9.17) is 21.7 Å². The van der Waals surface area contributed by atoms with E-state index in [-0.39, 0.29) is 12.1 Å². The second-order valence-electron chi connectivity index (χ2n) is 7.83. The van der Waals surface area contributed by atoms with Crippen LogP contribution in [0.3, 0.4) is 0 Å². The molecule has 1 atom stereocenters. The summed E-state index contributed by atoms with van der Waals surface area (Å²) >= 11 is 5.43. The number of ether oxygens (including phenoxy) is 2. The van der Waals surface area contributed by atoms with E-state index in [9.17, 15) is 9.59 Å². The Hall–Kier alpha value is -3.59. The number of hydrogen-bond acceptors (Lipinski definition) is 5. The van der Waals surface area contributed by atoms with Crippen molar-refractivity contribution in [3.05, 3.63) is 65.4 Å². The number of methoxy groups -OCH3 is 1. The predicted molar refractivity (Wildman–Crippen MR) is 132 cm³/mol. The lowest BCUT2D eigenvalue weighted by Gasteiger charge is -2.35. The van der Waals surface area contributed by atoms with Crippen molar-refractivity contribution in [3.63, 3.8) is 0 Å². The van der Waals surface area contributed by atoms with Crippen LogP contribution in [0.15, 0.2) is 59.8 Å². The van der Waals surface area contributed by atoms with Gasteiger partial charge in [0.05, 0.1) is 24.8 Å². The highest BCUT2D eigenvalue weighted by atomic mass is 32.1. The standard InChI is InChI=1S/C24H28N4O4S/c1-14(2)32-22(29)20-15(3)28(4)24(33)27-21(20)16-9-11-17(12-10-16)25-23(30)26-18-7-6-8-19(13-18)31-5/h6-14,21H,1-5H3,(H,27,33)(H2,25,26,30)/t21-/m0/s1. The maximum absolute atomic E-state index is 12.8. The first-order valence-electron chi connectivity index (χ1n) is 10.5. The van der Waals surface area contributed by atoms with Crippen molar-refractivity contribution in [1.82, 2.24) is 10.2 Å². The number of nitrogens with zero attached hydrogens (tertiary/aromatic N) is 1. The van der Waals surface area contributed by atoms with Gasteiger partial charge in [0, 0.05) is 30.2 Å². The number of rotatable bonds is 6. The average Bonchev–Trinajstić information content (AvgIpc) is 2.77. The Kier molecular flexibility index (Phi) is 7.55. The molecular weight excluding hydrogens is 440 g/mol. The zero-order chi connectivity index (χ0) is 24.1. The Morgan fingerprint density at radius 2 is 1.76 bits per heavy atom. The van der Waals surface area contributed by atoms with Gasteiger partial charge < -0.3 is 30.3 Å². The van der Waals surface area contributed by atoms with Crippen LogP contribution >= 0.6 is 12.2 Å². The fourth-order valence-corrected chi connectivity index (χ4v) is 3.64. The van der Waals surface area contributed by atoms with E-state index in [2.05, 4.69) is 16.0 Å². The molecule has 0 bridgehead atoms. The number of nitrogens with one attached hydrogen (secondary N) is 3. The molecule has 0 radical (unpaired) electrons. The van der Waals surface area contributed by atoms with E-state index in [1.165, 1.54) is 0 Å². The van der Waals surface area contributed by atoms with Crippen LogP contribution < -0.4 is 20.7 Å².